The number of para-hydroxylation sites is 2. The summed E-state index contributed by atoms with van der Waals surface area (Å²) in [7, 11) is 0. The molecular weight excluding hydrogens is 818 g/mol. The number of allylic oxidation sites excluding steroid dienone is 3. The number of rotatable bonds is 6. The van der Waals surface area contributed by atoms with E-state index in [2.05, 4.69) is 140 Å². The van der Waals surface area contributed by atoms with Crippen LogP contribution >= 0.6 is 0 Å². The van der Waals surface area contributed by atoms with Crippen LogP contribution in [0.2, 0.25) is 0 Å². The molecule has 0 spiro atoms. The first-order valence-corrected chi connectivity index (χ1v) is 17.8. The molecule has 0 unspecified atom stereocenters. The summed E-state index contributed by atoms with van der Waals surface area (Å²) in [6.07, 6.45) is 5.79. The van der Waals surface area contributed by atoms with Crippen LogP contribution in [0.15, 0.2) is 110 Å². The first-order valence-electron chi connectivity index (χ1n) is 17.8. The first kappa shape index (κ1) is 38.7. The molecule has 0 aliphatic carbocycles. The van der Waals surface area contributed by atoms with Gasteiger partial charge in [0.1, 0.15) is 11.6 Å². The third kappa shape index (κ3) is 7.64. The zero-order valence-corrected chi connectivity index (χ0v) is 34.4. The van der Waals surface area contributed by atoms with E-state index in [1.165, 1.54) is 16.7 Å². The number of hydrogen-bond donors (Lipinski definition) is 1. The second-order valence-electron chi connectivity index (χ2n) is 16.6. The first-order chi connectivity index (χ1) is 24.0. The maximum Gasteiger partial charge on any atom is 0.148 e. The number of benzene rings is 4. The van der Waals surface area contributed by atoms with E-state index >= 15 is 0 Å². The van der Waals surface area contributed by atoms with E-state index in [4.69, 9.17) is 9.97 Å². The molecule has 0 radical (unpaired) electrons. The monoisotopic (exact) mass is 867 g/mol. The molecule has 6 rings (SSSR count). The van der Waals surface area contributed by atoms with Gasteiger partial charge in [0.05, 0.1) is 16.6 Å². The largest absolute Gasteiger partial charge is 0.507 e. The molecule has 4 aromatic carbocycles. The third-order valence-electron chi connectivity index (χ3n) is 9.66. The fourth-order valence-electron chi connectivity index (χ4n) is 6.47. The molecule has 52 heavy (non-hydrogen) atoms. The molecule has 2 heterocycles. The van der Waals surface area contributed by atoms with Crippen LogP contribution in [0.25, 0.3) is 56.1 Å². The quantitative estimate of drug-likeness (QED) is 0.134. The summed E-state index contributed by atoms with van der Waals surface area (Å²) in [5.41, 5.74) is 12.7. The van der Waals surface area contributed by atoms with Crippen LogP contribution in [-0.4, -0.2) is 19.6 Å². The average Bonchev–Trinajstić information content (AvgIpc) is 3.47. The van der Waals surface area contributed by atoms with Gasteiger partial charge in [0.25, 0.3) is 0 Å². The van der Waals surface area contributed by atoms with Crippen LogP contribution in [0, 0.1) is 6.07 Å². The van der Waals surface area contributed by atoms with Gasteiger partial charge in [-0.3, -0.25) is 9.55 Å². The van der Waals surface area contributed by atoms with Crippen molar-refractivity contribution in [2.24, 2.45) is 0 Å². The topological polar surface area (TPSA) is 50.9 Å². The maximum absolute atomic E-state index is 11.2. The maximum atomic E-state index is 11.2. The molecule has 270 valence electrons. The SMILES string of the molecule is C=C/C(=C\C)c1ccnc(-c2[c-]c(-c3cccc4c3nc(-c3ccccc3O)n4-c3cc(C(C)(C)C)cc(C(C)(C)C)c3)cc(C(C)(C)C)c2)c1.[Pt]. The van der Waals surface area contributed by atoms with Crippen molar-refractivity contribution in [3.63, 3.8) is 0 Å². The Kier molecular flexibility index (Phi) is 10.8. The second-order valence-corrected chi connectivity index (χ2v) is 16.6. The van der Waals surface area contributed by atoms with Gasteiger partial charge in [-0.15, -0.1) is 29.3 Å². The molecular formula is C47H50N3OPt-. The predicted molar refractivity (Wildman–Crippen MR) is 216 cm³/mol. The summed E-state index contributed by atoms with van der Waals surface area (Å²) < 4.78 is 2.21. The van der Waals surface area contributed by atoms with Crippen molar-refractivity contribution in [1.29, 1.82) is 0 Å². The Morgan fingerprint density at radius 1 is 0.731 bits per heavy atom. The van der Waals surface area contributed by atoms with Crippen LogP contribution in [0.5, 0.6) is 5.75 Å². The van der Waals surface area contributed by atoms with E-state index in [-0.39, 0.29) is 43.1 Å². The van der Waals surface area contributed by atoms with E-state index in [0.29, 0.717) is 11.4 Å². The van der Waals surface area contributed by atoms with Crippen LogP contribution < -0.4 is 0 Å². The standard InChI is InChI=1S/C47H50N3O.Pt/c1-12-30(13-2)31-21-22-48-40(26-31)33-23-32(24-34(25-33)45(3,4)5)38-18-16-19-41-43(38)49-44(39-17-14-15-20-42(39)51)50(41)37-28-35(46(6,7)8)27-36(29-37)47(9,10)11;/h12-22,24-29,51H,1H2,2-11H3;/q-1;/b30-13+;. The molecule has 0 amide bonds. The smallest absolute Gasteiger partial charge is 0.148 e. The van der Waals surface area contributed by atoms with Crippen LogP contribution in [0.1, 0.15) is 91.5 Å². The van der Waals surface area contributed by atoms with Crippen molar-refractivity contribution in [2.45, 2.75) is 85.5 Å². The van der Waals surface area contributed by atoms with Crippen LogP contribution in [0.3, 0.4) is 0 Å². The summed E-state index contributed by atoms with van der Waals surface area (Å²) in [4.78, 5) is 10.2. The van der Waals surface area contributed by atoms with Gasteiger partial charge in [0, 0.05) is 38.6 Å². The number of aromatic hydroxyl groups is 1. The Morgan fingerprint density at radius 2 is 1.33 bits per heavy atom. The summed E-state index contributed by atoms with van der Waals surface area (Å²) in [6, 6.07) is 33.0. The molecule has 0 aliphatic rings. The van der Waals surface area contributed by atoms with Crippen LogP contribution in [-0.2, 0) is 37.3 Å². The Bertz CT molecular complexity index is 2270. The average molecular weight is 868 g/mol. The van der Waals surface area contributed by atoms with E-state index in [0.717, 1.165) is 50.2 Å². The molecule has 6 aromatic rings. The van der Waals surface area contributed by atoms with Crippen molar-refractivity contribution >= 4 is 16.6 Å². The second kappa shape index (κ2) is 14.5. The minimum Gasteiger partial charge on any atom is -0.507 e. The number of phenols is 1. The van der Waals surface area contributed by atoms with Crippen molar-refractivity contribution in [3.05, 3.63) is 138 Å². The van der Waals surface area contributed by atoms with Gasteiger partial charge < -0.3 is 5.11 Å². The Labute approximate surface area is 324 Å². The number of fused-ring (bicyclic) bond motifs is 1. The van der Waals surface area contributed by atoms with Crippen molar-refractivity contribution in [3.8, 4) is 45.2 Å². The fraction of sp³-hybridized carbons (Fsp3) is 0.277. The van der Waals surface area contributed by atoms with Gasteiger partial charge >= 0.3 is 0 Å². The minimum absolute atomic E-state index is 0. The molecule has 1 N–H and O–H groups in total. The normalized spacial score (nSPS) is 12.5. The van der Waals surface area contributed by atoms with Crippen molar-refractivity contribution in [1.82, 2.24) is 14.5 Å². The number of imidazole rings is 1. The van der Waals surface area contributed by atoms with Gasteiger partial charge in [0.15, 0.2) is 0 Å². The Morgan fingerprint density at radius 3 is 1.92 bits per heavy atom. The Hall–Kier alpha value is -4.53. The number of hydrogen-bond acceptors (Lipinski definition) is 3. The summed E-state index contributed by atoms with van der Waals surface area (Å²) >= 11 is 0. The van der Waals surface area contributed by atoms with Crippen molar-refractivity contribution in [2.75, 3.05) is 0 Å². The summed E-state index contributed by atoms with van der Waals surface area (Å²) in [5.74, 6) is 0.875. The zero-order chi connectivity index (χ0) is 36.9. The number of aromatic nitrogens is 3. The minimum atomic E-state index is -0.128. The summed E-state index contributed by atoms with van der Waals surface area (Å²) in [6.45, 7) is 26.2. The van der Waals surface area contributed by atoms with Gasteiger partial charge in [-0.2, -0.15) is 0 Å². The molecule has 0 atom stereocenters. The van der Waals surface area contributed by atoms with Gasteiger partial charge in [0.2, 0.25) is 0 Å². The number of phenolic OH excluding ortho intramolecular Hbond substituents is 1. The van der Waals surface area contributed by atoms with E-state index in [9.17, 15) is 5.11 Å². The predicted octanol–water partition coefficient (Wildman–Crippen LogP) is 12.4. The number of nitrogens with zero attached hydrogens (tertiary/aromatic N) is 3. The van der Waals surface area contributed by atoms with E-state index in [1.54, 1.807) is 6.07 Å². The molecule has 0 aliphatic heterocycles. The molecule has 0 saturated heterocycles. The third-order valence-corrected chi connectivity index (χ3v) is 9.66. The van der Waals surface area contributed by atoms with Crippen molar-refractivity contribution < 1.29 is 26.2 Å². The van der Waals surface area contributed by atoms with E-state index in [1.807, 2.05) is 43.5 Å². The van der Waals surface area contributed by atoms with E-state index < -0.39 is 0 Å². The summed E-state index contributed by atoms with van der Waals surface area (Å²) in [5, 5.41) is 11.2. The van der Waals surface area contributed by atoms with Gasteiger partial charge in [-0.25, -0.2) is 4.98 Å². The molecule has 0 fully saturated rings. The van der Waals surface area contributed by atoms with Gasteiger partial charge in [-0.05, 0) is 81.8 Å². The molecule has 0 saturated carbocycles. The van der Waals surface area contributed by atoms with Gasteiger partial charge in [-0.1, -0.05) is 129 Å². The zero-order valence-electron chi connectivity index (χ0n) is 32.1. The van der Waals surface area contributed by atoms with Crippen LogP contribution in [0.4, 0.5) is 0 Å². The Balaban J connectivity index is 0.00000523. The molecule has 2 aromatic heterocycles. The molecule has 0 bridgehead atoms. The number of pyridine rings is 1. The molecule has 4 nitrogen and oxygen atoms in total. The fourth-order valence-corrected chi connectivity index (χ4v) is 6.47. The molecule has 5 heteroatoms.